The molecule has 0 spiro atoms. The van der Waals surface area contributed by atoms with Crippen LogP contribution in [0.4, 0.5) is 0 Å². The van der Waals surface area contributed by atoms with Crippen LogP contribution in [-0.4, -0.2) is 48.3 Å². The van der Waals surface area contributed by atoms with Crippen LogP contribution in [0.2, 0.25) is 0 Å². The van der Waals surface area contributed by atoms with Crippen molar-refractivity contribution in [1.29, 1.82) is 0 Å². The number of rotatable bonds is 9. The van der Waals surface area contributed by atoms with Crippen molar-refractivity contribution in [2.45, 2.75) is 31.0 Å². The van der Waals surface area contributed by atoms with Gasteiger partial charge in [-0.05, 0) is 24.3 Å². The van der Waals surface area contributed by atoms with Gasteiger partial charge in [0.15, 0.2) is 11.0 Å². The van der Waals surface area contributed by atoms with Crippen molar-refractivity contribution < 1.29 is 15.4 Å². The molecule has 0 saturated carbocycles. The van der Waals surface area contributed by atoms with E-state index in [2.05, 4.69) is 53.6 Å². The molecule has 0 fully saturated rings. The Balaban J connectivity index is 2.43. The summed E-state index contributed by atoms with van der Waals surface area (Å²) < 4.78 is 7.47. The number of methoxy groups -OCH3 is 1. The minimum Gasteiger partial charge on any atom is -0.497 e. The molecule has 2 aromatic rings. The van der Waals surface area contributed by atoms with E-state index in [0.717, 1.165) is 47.6 Å². The van der Waals surface area contributed by atoms with Gasteiger partial charge in [-0.2, -0.15) is 0 Å². The van der Waals surface area contributed by atoms with Crippen LogP contribution in [0.1, 0.15) is 31.6 Å². The first-order valence-electron chi connectivity index (χ1n) is 8.44. The van der Waals surface area contributed by atoms with Crippen LogP contribution in [-0.2, 0) is 0 Å². The van der Waals surface area contributed by atoms with E-state index in [1.54, 1.807) is 18.9 Å². The fourth-order valence-electron chi connectivity index (χ4n) is 2.69. The fourth-order valence-corrected chi connectivity index (χ4v) is 3.65. The zero-order valence-electron chi connectivity index (χ0n) is 15.1. The molecule has 4 N–H and O–H groups in total. The molecule has 2 rings (SSSR count). The lowest BCUT2D eigenvalue weighted by Crippen LogP contribution is -3.06. The lowest BCUT2D eigenvalue weighted by Gasteiger charge is -2.20. The van der Waals surface area contributed by atoms with E-state index in [0.29, 0.717) is 6.04 Å². The van der Waals surface area contributed by atoms with E-state index in [9.17, 15) is 0 Å². The van der Waals surface area contributed by atoms with E-state index < -0.39 is 0 Å². The number of benzene rings is 1. The van der Waals surface area contributed by atoms with Gasteiger partial charge in [0, 0.05) is 24.3 Å². The largest absolute Gasteiger partial charge is 0.497 e. The third-order valence-corrected chi connectivity index (χ3v) is 5.05. The lowest BCUT2D eigenvalue weighted by molar-refractivity contribution is -0.893. The third kappa shape index (κ3) is 4.28. The predicted molar refractivity (Wildman–Crippen MR) is 96.8 cm³/mol. The molecular weight excluding hydrogens is 322 g/mol. The van der Waals surface area contributed by atoms with Gasteiger partial charge in [-0.15, -0.1) is 10.2 Å². The highest BCUT2D eigenvalue weighted by atomic mass is 32.2. The first-order chi connectivity index (χ1) is 11.6. The number of ether oxygens (including phenoxy) is 1. The SMILES string of the molecule is CC[C@H](c1nnc(SCCC[NH3+])n1-c1ccc(OC)cc1)[NH+](C)C. The summed E-state index contributed by atoms with van der Waals surface area (Å²) in [7, 11) is 6.01. The minimum absolute atomic E-state index is 0.307. The molecule has 1 atom stereocenters. The summed E-state index contributed by atoms with van der Waals surface area (Å²) >= 11 is 1.75. The van der Waals surface area contributed by atoms with Crippen molar-refractivity contribution in [3.8, 4) is 11.4 Å². The molecule has 0 aliphatic rings. The van der Waals surface area contributed by atoms with Gasteiger partial charge in [0.1, 0.15) is 11.8 Å². The first kappa shape index (κ1) is 18.8. The summed E-state index contributed by atoms with van der Waals surface area (Å²) in [5.41, 5.74) is 4.99. The van der Waals surface area contributed by atoms with Crippen molar-refractivity contribution in [2.24, 2.45) is 0 Å². The van der Waals surface area contributed by atoms with Crippen LogP contribution in [0.3, 0.4) is 0 Å². The van der Waals surface area contributed by atoms with E-state index in [4.69, 9.17) is 4.74 Å². The molecule has 24 heavy (non-hydrogen) atoms. The third-order valence-electron chi connectivity index (χ3n) is 4.03. The van der Waals surface area contributed by atoms with Crippen LogP contribution >= 0.6 is 11.8 Å². The van der Waals surface area contributed by atoms with E-state index in [-0.39, 0.29) is 0 Å². The topological polar surface area (TPSA) is 72.0 Å². The second-order valence-corrected chi connectivity index (χ2v) is 7.03. The molecule has 6 nitrogen and oxygen atoms in total. The Kier molecular flexibility index (Phi) is 7.08. The second kappa shape index (κ2) is 9.05. The molecule has 0 bridgehead atoms. The molecule has 7 heteroatoms. The Labute approximate surface area is 148 Å². The number of hydrogen-bond acceptors (Lipinski definition) is 4. The van der Waals surface area contributed by atoms with Crippen molar-refractivity contribution in [3.63, 3.8) is 0 Å². The summed E-state index contributed by atoms with van der Waals surface area (Å²) in [6, 6.07) is 8.39. The number of quaternary nitrogens is 2. The molecule has 1 heterocycles. The Bertz CT molecular complexity index is 626. The summed E-state index contributed by atoms with van der Waals surface area (Å²) in [5.74, 6) is 2.87. The van der Waals surface area contributed by atoms with Crippen molar-refractivity contribution >= 4 is 11.8 Å². The van der Waals surface area contributed by atoms with Gasteiger partial charge in [-0.3, -0.25) is 4.57 Å². The Morgan fingerprint density at radius 3 is 2.50 bits per heavy atom. The smallest absolute Gasteiger partial charge is 0.196 e. The van der Waals surface area contributed by atoms with Crippen molar-refractivity contribution in [1.82, 2.24) is 14.8 Å². The average Bonchev–Trinajstić information content (AvgIpc) is 2.99. The van der Waals surface area contributed by atoms with Gasteiger partial charge in [-0.1, -0.05) is 18.7 Å². The molecule has 0 unspecified atom stereocenters. The van der Waals surface area contributed by atoms with Gasteiger partial charge in [-0.25, -0.2) is 0 Å². The summed E-state index contributed by atoms with van der Waals surface area (Å²) in [6.07, 6.45) is 2.09. The van der Waals surface area contributed by atoms with Crippen LogP contribution in [0.25, 0.3) is 5.69 Å². The highest BCUT2D eigenvalue weighted by molar-refractivity contribution is 7.99. The minimum atomic E-state index is 0.307. The summed E-state index contributed by atoms with van der Waals surface area (Å²) in [5, 5.41) is 9.95. The van der Waals surface area contributed by atoms with Crippen molar-refractivity contribution in [2.75, 3.05) is 33.5 Å². The normalized spacial score (nSPS) is 12.6. The van der Waals surface area contributed by atoms with E-state index >= 15 is 0 Å². The number of aromatic nitrogens is 3. The highest BCUT2D eigenvalue weighted by Gasteiger charge is 2.25. The molecule has 0 saturated heterocycles. The molecule has 132 valence electrons. The monoisotopic (exact) mass is 351 g/mol. The predicted octanol–water partition coefficient (Wildman–Crippen LogP) is 0.596. The molecular formula is C17H29N5OS+2. The summed E-state index contributed by atoms with van der Waals surface area (Å²) in [6.45, 7) is 3.14. The quantitative estimate of drug-likeness (QED) is 0.512. The second-order valence-electron chi connectivity index (χ2n) is 5.97. The fraction of sp³-hybridized carbons (Fsp3) is 0.529. The van der Waals surface area contributed by atoms with E-state index in [1.807, 2.05) is 12.1 Å². The highest BCUT2D eigenvalue weighted by Crippen LogP contribution is 2.26. The van der Waals surface area contributed by atoms with Crippen LogP contribution in [0.15, 0.2) is 29.4 Å². The standard InChI is InChI=1S/C17H27N5OS/c1-5-15(21(2)3)16-19-20-17(24-12-6-11-18)22(16)13-7-9-14(23-4)10-8-13/h7-10,15H,5-6,11-12,18H2,1-4H3/p+2/t15-/m1/s1. The van der Waals surface area contributed by atoms with Crippen molar-refractivity contribution in [3.05, 3.63) is 30.1 Å². The van der Waals surface area contributed by atoms with Gasteiger partial charge in [0.05, 0.1) is 27.7 Å². The summed E-state index contributed by atoms with van der Waals surface area (Å²) in [4.78, 5) is 1.36. The van der Waals surface area contributed by atoms with Crippen LogP contribution in [0.5, 0.6) is 5.75 Å². The van der Waals surface area contributed by atoms with Gasteiger partial charge >= 0.3 is 0 Å². The number of nitrogens with zero attached hydrogens (tertiary/aromatic N) is 3. The average molecular weight is 352 g/mol. The van der Waals surface area contributed by atoms with Gasteiger partial charge < -0.3 is 15.4 Å². The maximum atomic E-state index is 5.28. The van der Waals surface area contributed by atoms with E-state index in [1.165, 1.54) is 4.90 Å². The number of hydrogen-bond donors (Lipinski definition) is 2. The molecule has 1 aromatic carbocycles. The molecule has 0 radical (unpaired) electrons. The Morgan fingerprint density at radius 2 is 1.96 bits per heavy atom. The molecule has 0 amide bonds. The molecule has 0 aliphatic heterocycles. The lowest BCUT2D eigenvalue weighted by atomic mass is 10.2. The van der Waals surface area contributed by atoms with Crippen LogP contribution in [0, 0.1) is 0 Å². The molecule has 0 aliphatic carbocycles. The van der Waals surface area contributed by atoms with Gasteiger partial charge in [0.2, 0.25) is 0 Å². The van der Waals surface area contributed by atoms with Gasteiger partial charge in [0.25, 0.3) is 0 Å². The number of nitrogens with one attached hydrogen (secondary N) is 1. The zero-order chi connectivity index (χ0) is 17.5. The Hall–Kier alpha value is -1.57. The molecule has 1 aromatic heterocycles. The zero-order valence-corrected chi connectivity index (χ0v) is 15.9. The Morgan fingerprint density at radius 1 is 1.25 bits per heavy atom. The maximum Gasteiger partial charge on any atom is 0.196 e. The van der Waals surface area contributed by atoms with Crippen LogP contribution < -0.4 is 15.4 Å². The number of thioether (sulfide) groups is 1. The first-order valence-corrected chi connectivity index (χ1v) is 9.42. The maximum absolute atomic E-state index is 5.28.